The molecule has 4 heteroatoms. The van der Waals surface area contributed by atoms with Gasteiger partial charge in [-0.25, -0.2) is 0 Å². The van der Waals surface area contributed by atoms with Gasteiger partial charge in [0.2, 0.25) is 0 Å². The predicted molar refractivity (Wildman–Crippen MR) is 80.4 cm³/mol. The van der Waals surface area contributed by atoms with Crippen molar-refractivity contribution in [2.24, 2.45) is 0 Å². The highest BCUT2D eigenvalue weighted by molar-refractivity contribution is 9.10. The molecule has 3 nitrogen and oxygen atoms in total. The van der Waals surface area contributed by atoms with Crippen LogP contribution >= 0.6 is 15.9 Å². The van der Waals surface area contributed by atoms with Crippen LogP contribution in [-0.2, 0) is 6.54 Å². The van der Waals surface area contributed by atoms with E-state index in [2.05, 4.69) is 21.2 Å². The standard InChI is InChI=1S/C15H22BrNO2/c1-17-10-12-6-5-7-13(16)14(12)19-11-15(18)8-3-2-4-9-15/h5-7,17-18H,2-4,8-11H2,1H3. The van der Waals surface area contributed by atoms with Crippen LogP contribution in [0.4, 0.5) is 0 Å². The summed E-state index contributed by atoms with van der Waals surface area (Å²) in [7, 11) is 1.92. The van der Waals surface area contributed by atoms with Crippen molar-refractivity contribution in [3.8, 4) is 5.75 Å². The maximum atomic E-state index is 10.5. The zero-order chi connectivity index (χ0) is 13.7. The maximum Gasteiger partial charge on any atom is 0.138 e. The van der Waals surface area contributed by atoms with Crippen LogP contribution in [0.25, 0.3) is 0 Å². The molecule has 2 N–H and O–H groups in total. The fourth-order valence-electron chi connectivity index (χ4n) is 2.61. The molecular formula is C15H22BrNO2. The Morgan fingerprint density at radius 3 is 2.74 bits per heavy atom. The molecule has 106 valence electrons. The number of hydrogen-bond donors (Lipinski definition) is 2. The van der Waals surface area contributed by atoms with Gasteiger partial charge in [0, 0.05) is 12.1 Å². The van der Waals surface area contributed by atoms with Crippen LogP contribution in [0.3, 0.4) is 0 Å². The average Bonchev–Trinajstić information content (AvgIpc) is 2.39. The molecule has 1 saturated carbocycles. The molecule has 0 saturated heterocycles. The van der Waals surface area contributed by atoms with Gasteiger partial charge < -0.3 is 15.2 Å². The minimum absolute atomic E-state index is 0.381. The van der Waals surface area contributed by atoms with E-state index >= 15 is 0 Å². The zero-order valence-corrected chi connectivity index (χ0v) is 13.0. The van der Waals surface area contributed by atoms with Crippen molar-refractivity contribution < 1.29 is 9.84 Å². The summed E-state index contributed by atoms with van der Waals surface area (Å²) >= 11 is 3.53. The normalized spacial score (nSPS) is 18.3. The Bertz CT molecular complexity index is 417. The molecule has 0 bridgehead atoms. The molecule has 0 heterocycles. The van der Waals surface area contributed by atoms with Crippen LogP contribution in [-0.4, -0.2) is 24.4 Å². The highest BCUT2D eigenvalue weighted by Crippen LogP contribution is 2.33. The second-order valence-corrected chi connectivity index (χ2v) is 6.19. The van der Waals surface area contributed by atoms with Crippen LogP contribution in [0.5, 0.6) is 5.75 Å². The van der Waals surface area contributed by atoms with Gasteiger partial charge in [0.1, 0.15) is 12.4 Å². The zero-order valence-electron chi connectivity index (χ0n) is 11.4. The van der Waals surface area contributed by atoms with Crippen LogP contribution in [0.2, 0.25) is 0 Å². The third kappa shape index (κ3) is 3.94. The lowest BCUT2D eigenvalue weighted by molar-refractivity contribution is -0.0342. The van der Waals surface area contributed by atoms with Crippen molar-refractivity contribution in [3.05, 3.63) is 28.2 Å². The van der Waals surface area contributed by atoms with Crippen LogP contribution < -0.4 is 10.1 Å². The van der Waals surface area contributed by atoms with E-state index in [0.717, 1.165) is 48.0 Å². The Morgan fingerprint density at radius 2 is 2.05 bits per heavy atom. The van der Waals surface area contributed by atoms with Crippen LogP contribution in [0, 0.1) is 0 Å². The number of benzene rings is 1. The smallest absolute Gasteiger partial charge is 0.138 e. The second kappa shape index (κ2) is 6.73. The third-order valence-electron chi connectivity index (χ3n) is 3.69. The Hall–Kier alpha value is -0.580. The lowest BCUT2D eigenvalue weighted by atomic mass is 9.85. The number of hydrogen-bond acceptors (Lipinski definition) is 3. The molecule has 1 aromatic rings. The Balaban J connectivity index is 2.05. The molecule has 0 amide bonds. The molecule has 0 unspecified atom stereocenters. The summed E-state index contributed by atoms with van der Waals surface area (Å²) in [5.74, 6) is 0.843. The first-order valence-corrected chi connectivity index (χ1v) is 7.71. The maximum absolute atomic E-state index is 10.5. The Kier molecular flexibility index (Phi) is 5.25. The summed E-state index contributed by atoms with van der Waals surface area (Å²) in [4.78, 5) is 0. The molecule has 2 rings (SSSR count). The highest BCUT2D eigenvalue weighted by atomic mass is 79.9. The fraction of sp³-hybridized carbons (Fsp3) is 0.600. The monoisotopic (exact) mass is 327 g/mol. The van der Waals surface area contributed by atoms with Gasteiger partial charge in [-0.05, 0) is 41.9 Å². The number of nitrogens with one attached hydrogen (secondary N) is 1. The minimum atomic E-state index is -0.648. The molecule has 0 radical (unpaired) electrons. The number of rotatable bonds is 5. The van der Waals surface area contributed by atoms with E-state index in [1.807, 2.05) is 25.2 Å². The molecule has 1 fully saturated rings. The van der Waals surface area contributed by atoms with Crippen molar-refractivity contribution in [2.45, 2.75) is 44.2 Å². The summed E-state index contributed by atoms with van der Waals surface area (Å²) in [6.45, 7) is 1.14. The van der Waals surface area contributed by atoms with Crippen molar-refractivity contribution in [3.63, 3.8) is 0 Å². The van der Waals surface area contributed by atoms with Crippen molar-refractivity contribution in [1.82, 2.24) is 5.32 Å². The molecule has 0 aliphatic heterocycles. The van der Waals surface area contributed by atoms with Crippen molar-refractivity contribution >= 4 is 15.9 Å². The highest BCUT2D eigenvalue weighted by Gasteiger charge is 2.30. The van der Waals surface area contributed by atoms with E-state index in [-0.39, 0.29) is 0 Å². The van der Waals surface area contributed by atoms with E-state index in [4.69, 9.17) is 4.74 Å². The summed E-state index contributed by atoms with van der Waals surface area (Å²) < 4.78 is 6.87. The SMILES string of the molecule is CNCc1cccc(Br)c1OCC1(O)CCCCC1. The molecule has 1 aliphatic rings. The number of para-hydroxylation sites is 1. The van der Waals surface area contributed by atoms with Crippen molar-refractivity contribution in [2.75, 3.05) is 13.7 Å². The van der Waals surface area contributed by atoms with Crippen molar-refractivity contribution in [1.29, 1.82) is 0 Å². The molecule has 0 atom stereocenters. The predicted octanol–water partition coefficient (Wildman–Crippen LogP) is 3.24. The first kappa shape index (κ1) is 14.8. The van der Waals surface area contributed by atoms with E-state index in [9.17, 15) is 5.11 Å². The van der Waals surface area contributed by atoms with Gasteiger partial charge in [-0.3, -0.25) is 0 Å². The lowest BCUT2D eigenvalue weighted by Gasteiger charge is -2.32. The van der Waals surface area contributed by atoms with Crippen LogP contribution in [0.15, 0.2) is 22.7 Å². The number of ether oxygens (including phenoxy) is 1. The number of halogens is 1. The topological polar surface area (TPSA) is 41.5 Å². The first-order chi connectivity index (χ1) is 9.14. The largest absolute Gasteiger partial charge is 0.489 e. The van der Waals surface area contributed by atoms with Crippen LogP contribution in [0.1, 0.15) is 37.7 Å². The fourth-order valence-corrected chi connectivity index (χ4v) is 3.13. The average molecular weight is 328 g/mol. The minimum Gasteiger partial charge on any atom is -0.489 e. The van der Waals surface area contributed by atoms with Gasteiger partial charge >= 0.3 is 0 Å². The third-order valence-corrected chi connectivity index (χ3v) is 4.31. The summed E-state index contributed by atoms with van der Waals surface area (Å²) in [5.41, 5.74) is 0.459. The summed E-state index contributed by atoms with van der Waals surface area (Å²) in [6.07, 6.45) is 5.11. The van der Waals surface area contributed by atoms with Gasteiger partial charge in [0.05, 0.1) is 10.1 Å². The molecule has 0 spiro atoms. The molecular weight excluding hydrogens is 306 g/mol. The van der Waals surface area contributed by atoms with E-state index < -0.39 is 5.60 Å². The molecule has 19 heavy (non-hydrogen) atoms. The van der Waals surface area contributed by atoms with Gasteiger partial charge in [0.25, 0.3) is 0 Å². The van der Waals surface area contributed by atoms with E-state index in [0.29, 0.717) is 6.61 Å². The first-order valence-electron chi connectivity index (χ1n) is 6.92. The van der Waals surface area contributed by atoms with Gasteiger partial charge in [-0.1, -0.05) is 31.4 Å². The van der Waals surface area contributed by atoms with Gasteiger partial charge in [-0.15, -0.1) is 0 Å². The van der Waals surface area contributed by atoms with E-state index in [1.54, 1.807) is 0 Å². The summed E-state index contributed by atoms with van der Waals surface area (Å²) in [6, 6.07) is 6.01. The molecule has 1 aliphatic carbocycles. The Labute approximate surface area is 123 Å². The Morgan fingerprint density at radius 1 is 1.32 bits per heavy atom. The van der Waals surface area contributed by atoms with Gasteiger partial charge in [0.15, 0.2) is 0 Å². The summed E-state index contributed by atoms with van der Waals surface area (Å²) in [5, 5.41) is 13.6. The molecule has 1 aromatic carbocycles. The van der Waals surface area contributed by atoms with Gasteiger partial charge in [-0.2, -0.15) is 0 Å². The lowest BCUT2D eigenvalue weighted by Crippen LogP contribution is -2.38. The van der Waals surface area contributed by atoms with E-state index in [1.165, 1.54) is 6.42 Å². The quantitative estimate of drug-likeness (QED) is 0.872. The second-order valence-electron chi connectivity index (χ2n) is 5.33. The number of aliphatic hydroxyl groups is 1. The molecule has 0 aromatic heterocycles.